The molecular formula is C14H12F4N2O4. The van der Waals surface area contributed by atoms with Crippen molar-refractivity contribution in [3.8, 4) is 0 Å². The SMILES string of the molecule is O=C(O)C(=O)N1CCN(C(=O)c2cc(F)ccc2C(F)(F)F)CC1. The molecule has 0 spiro atoms. The number of aliphatic carboxylic acids is 1. The lowest BCUT2D eigenvalue weighted by Gasteiger charge is -2.34. The number of benzene rings is 1. The Bertz CT molecular complexity index is 682. The highest BCUT2D eigenvalue weighted by Gasteiger charge is 2.37. The second kappa shape index (κ2) is 6.46. The van der Waals surface area contributed by atoms with Gasteiger partial charge in [-0.1, -0.05) is 0 Å². The maximum absolute atomic E-state index is 13.3. The molecule has 1 aromatic carbocycles. The monoisotopic (exact) mass is 348 g/mol. The van der Waals surface area contributed by atoms with E-state index in [9.17, 15) is 31.9 Å². The number of amides is 2. The summed E-state index contributed by atoms with van der Waals surface area (Å²) >= 11 is 0. The number of carbonyl (C=O) groups excluding carboxylic acids is 2. The molecule has 0 saturated carbocycles. The summed E-state index contributed by atoms with van der Waals surface area (Å²) in [5.74, 6) is -4.81. The molecule has 1 heterocycles. The second-order valence-corrected chi connectivity index (χ2v) is 5.08. The average Bonchev–Trinajstić information content (AvgIpc) is 2.52. The molecule has 0 radical (unpaired) electrons. The fraction of sp³-hybridized carbons (Fsp3) is 0.357. The molecule has 0 bridgehead atoms. The van der Waals surface area contributed by atoms with Gasteiger partial charge in [0.25, 0.3) is 5.91 Å². The van der Waals surface area contributed by atoms with E-state index in [1.165, 1.54) is 0 Å². The number of carboxylic acid groups (broad SMARTS) is 1. The first-order valence-corrected chi connectivity index (χ1v) is 6.79. The number of halogens is 4. The smallest absolute Gasteiger partial charge is 0.417 e. The lowest BCUT2D eigenvalue weighted by atomic mass is 10.0. The molecule has 2 rings (SSSR count). The van der Waals surface area contributed by atoms with Gasteiger partial charge in [0.1, 0.15) is 5.82 Å². The first-order chi connectivity index (χ1) is 11.1. The van der Waals surface area contributed by atoms with Crippen molar-refractivity contribution in [3.05, 3.63) is 35.1 Å². The number of hydrogen-bond donors (Lipinski definition) is 1. The van der Waals surface area contributed by atoms with Crippen molar-refractivity contribution in [2.24, 2.45) is 0 Å². The molecule has 1 aromatic rings. The molecule has 1 saturated heterocycles. The Balaban J connectivity index is 2.18. The molecular weight excluding hydrogens is 336 g/mol. The van der Waals surface area contributed by atoms with Gasteiger partial charge < -0.3 is 14.9 Å². The molecule has 2 amide bonds. The molecule has 1 aliphatic heterocycles. The van der Waals surface area contributed by atoms with E-state index in [1.807, 2.05) is 0 Å². The summed E-state index contributed by atoms with van der Waals surface area (Å²) in [7, 11) is 0. The van der Waals surface area contributed by atoms with Crippen LogP contribution in [0.25, 0.3) is 0 Å². The van der Waals surface area contributed by atoms with Crippen LogP contribution in [-0.4, -0.2) is 58.9 Å². The fourth-order valence-electron chi connectivity index (χ4n) is 2.36. The first-order valence-electron chi connectivity index (χ1n) is 6.79. The molecule has 0 aliphatic carbocycles. The van der Waals surface area contributed by atoms with Gasteiger partial charge in [-0.2, -0.15) is 13.2 Å². The highest BCUT2D eigenvalue weighted by molar-refractivity contribution is 6.31. The van der Waals surface area contributed by atoms with Crippen LogP contribution < -0.4 is 0 Å². The number of carboxylic acids is 1. The van der Waals surface area contributed by atoms with Gasteiger partial charge in [0.05, 0.1) is 11.1 Å². The minimum absolute atomic E-state index is 0.131. The van der Waals surface area contributed by atoms with Crippen molar-refractivity contribution in [2.75, 3.05) is 26.2 Å². The lowest BCUT2D eigenvalue weighted by molar-refractivity contribution is -0.156. The zero-order valence-corrected chi connectivity index (χ0v) is 12.1. The van der Waals surface area contributed by atoms with Crippen LogP contribution in [0.4, 0.5) is 17.6 Å². The van der Waals surface area contributed by atoms with Crippen LogP contribution in [0.1, 0.15) is 15.9 Å². The van der Waals surface area contributed by atoms with E-state index in [0.717, 1.165) is 9.80 Å². The summed E-state index contributed by atoms with van der Waals surface area (Å²) in [6.07, 6.45) is -4.82. The number of rotatable bonds is 1. The normalized spacial score (nSPS) is 15.3. The third kappa shape index (κ3) is 3.63. The lowest BCUT2D eigenvalue weighted by Crippen LogP contribution is -2.52. The van der Waals surface area contributed by atoms with Gasteiger partial charge in [0.2, 0.25) is 0 Å². The van der Waals surface area contributed by atoms with Crippen molar-refractivity contribution in [1.82, 2.24) is 9.80 Å². The van der Waals surface area contributed by atoms with Crippen molar-refractivity contribution in [2.45, 2.75) is 6.18 Å². The van der Waals surface area contributed by atoms with Crippen LogP contribution in [0.15, 0.2) is 18.2 Å². The molecule has 1 N–H and O–H groups in total. The van der Waals surface area contributed by atoms with Gasteiger partial charge in [0.15, 0.2) is 0 Å². The van der Waals surface area contributed by atoms with Gasteiger partial charge in [-0.3, -0.25) is 9.59 Å². The highest BCUT2D eigenvalue weighted by atomic mass is 19.4. The molecule has 6 nitrogen and oxygen atoms in total. The van der Waals surface area contributed by atoms with Gasteiger partial charge >= 0.3 is 18.1 Å². The van der Waals surface area contributed by atoms with E-state index in [0.29, 0.717) is 18.2 Å². The summed E-state index contributed by atoms with van der Waals surface area (Å²) < 4.78 is 52.1. The van der Waals surface area contributed by atoms with Crippen LogP contribution in [0.2, 0.25) is 0 Å². The van der Waals surface area contributed by atoms with Gasteiger partial charge in [-0.15, -0.1) is 0 Å². The Kier molecular flexibility index (Phi) is 4.76. The van der Waals surface area contributed by atoms with Crippen LogP contribution in [0.5, 0.6) is 0 Å². The van der Waals surface area contributed by atoms with Crippen molar-refractivity contribution in [1.29, 1.82) is 0 Å². The Labute approximate surface area is 133 Å². The fourth-order valence-corrected chi connectivity index (χ4v) is 2.36. The Hall–Kier alpha value is -2.65. The van der Waals surface area contributed by atoms with Gasteiger partial charge in [-0.05, 0) is 18.2 Å². The van der Waals surface area contributed by atoms with Crippen LogP contribution >= 0.6 is 0 Å². The number of alkyl halides is 3. The molecule has 130 valence electrons. The zero-order valence-electron chi connectivity index (χ0n) is 12.1. The van der Waals surface area contributed by atoms with Crippen LogP contribution in [0, 0.1) is 5.82 Å². The summed E-state index contributed by atoms with van der Waals surface area (Å²) in [6, 6.07) is 1.62. The Morgan fingerprint density at radius 1 is 1.00 bits per heavy atom. The summed E-state index contributed by atoms with van der Waals surface area (Å²) in [4.78, 5) is 36.2. The third-order valence-electron chi connectivity index (χ3n) is 3.55. The third-order valence-corrected chi connectivity index (χ3v) is 3.55. The summed E-state index contributed by atoms with van der Waals surface area (Å²) in [6.45, 7) is -0.557. The molecule has 0 aromatic heterocycles. The second-order valence-electron chi connectivity index (χ2n) is 5.08. The molecule has 0 unspecified atom stereocenters. The maximum atomic E-state index is 13.3. The largest absolute Gasteiger partial charge is 0.474 e. The topological polar surface area (TPSA) is 77.9 Å². The summed E-state index contributed by atoms with van der Waals surface area (Å²) in [5.41, 5.74) is -2.07. The average molecular weight is 348 g/mol. The Morgan fingerprint density at radius 3 is 2.04 bits per heavy atom. The summed E-state index contributed by atoms with van der Waals surface area (Å²) in [5, 5.41) is 8.61. The quantitative estimate of drug-likeness (QED) is 0.611. The van der Waals surface area contributed by atoms with E-state index in [2.05, 4.69) is 0 Å². The highest BCUT2D eigenvalue weighted by Crippen LogP contribution is 2.33. The zero-order chi connectivity index (χ0) is 18.1. The van der Waals surface area contributed by atoms with Crippen molar-refractivity contribution >= 4 is 17.8 Å². The standard InChI is InChI=1S/C14H12F4N2O4/c15-8-1-2-10(14(16,17)18)9(7-8)11(21)19-3-5-20(6-4-19)12(22)13(23)24/h1-2,7H,3-6H2,(H,23,24). The number of piperazine rings is 1. The van der Waals surface area contributed by atoms with E-state index in [4.69, 9.17) is 5.11 Å². The van der Waals surface area contributed by atoms with E-state index in [1.54, 1.807) is 0 Å². The number of nitrogens with zero attached hydrogens (tertiary/aromatic N) is 2. The predicted octanol–water partition coefficient (Wildman–Crippen LogP) is 1.21. The molecule has 10 heteroatoms. The van der Waals surface area contributed by atoms with E-state index < -0.39 is 40.9 Å². The van der Waals surface area contributed by atoms with Gasteiger partial charge in [-0.25, -0.2) is 9.18 Å². The Morgan fingerprint density at radius 2 is 1.54 bits per heavy atom. The molecule has 0 atom stereocenters. The number of hydrogen-bond acceptors (Lipinski definition) is 3. The van der Waals surface area contributed by atoms with Crippen LogP contribution in [-0.2, 0) is 15.8 Å². The minimum Gasteiger partial charge on any atom is -0.474 e. The van der Waals surface area contributed by atoms with E-state index >= 15 is 0 Å². The molecule has 1 fully saturated rings. The van der Waals surface area contributed by atoms with Gasteiger partial charge in [0, 0.05) is 26.2 Å². The van der Waals surface area contributed by atoms with E-state index in [-0.39, 0.29) is 26.2 Å². The van der Waals surface area contributed by atoms with Crippen LogP contribution in [0.3, 0.4) is 0 Å². The van der Waals surface area contributed by atoms with Crippen molar-refractivity contribution in [3.63, 3.8) is 0 Å². The predicted molar refractivity (Wildman–Crippen MR) is 71.5 cm³/mol. The first kappa shape index (κ1) is 17.7. The number of carbonyl (C=O) groups is 3. The molecule has 24 heavy (non-hydrogen) atoms. The minimum atomic E-state index is -4.82. The molecule has 1 aliphatic rings. The van der Waals surface area contributed by atoms with Crippen molar-refractivity contribution < 1.29 is 37.1 Å². The maximum Gasteiger partial charge on any atom is 0.417 e.